The fourth-order valence-electron chi connectivity index (χ4n) is 4.34. The smallest absolute Gasteiger partial charge is 0.399 e. The Balaban J connectivity index is 0.000000216. The molecule has 2 N–H and O–H groups in total. The number of hydrogen-bond donors (Lipinski definition) is 2. The molecule has 2 aromatic rings. The Kier molecular flexibility index (Phi) is 10.5. The normalized spacial score (nSPS) is 22.0. The van der Waals surface area contributed by atoms with Crippen molar-refractivity contribution >= 4 is 46.4 Å². The topological polar surface area (TPSA) is 107 Å². The highest BCUT2D eigenvalue weighted by Gasteiger charge is 2.51. The number of halogens is 1. The van der Waals surface area contributed by atoms with Crippen molar-refractivity contribution in [2.24, 2.45) is 0 Å². The van der Waals surface area contributed by atoms with Gasteiger partial charge in [-0.15, -0.1) is 0 Å². The number of ether oxygens (including phenoxy) is 1. The molecule has 2 aliphatic rings. The fourth-order valence-corrected chi connectivity index (χ4v) is 4.62. The second-order valence-corrected chi connectivity index (χ2v) is 12.9. The first kappa shape index (κ1) is 31.5. The summed E-state index contributed by atoms with van der Waals surface area (Å²) in [5, 5.41) is 6.36. The second kappa shape index (κ2) is 13.1. The van der Waals surface area contributed by atoms with Gasteiger partial charge in [-0.25, -0.2) is 9.97 Å². The number of aromatic nitrogens is 3. The molecule has 11 heteroatoms. The zero-order valence-corrected chi connectivity index (χ0v) is 26.1. The molecule has 9 nitrogen and oxygen atoms in total. The van der Waals surface area contributed by atoms with E-state index in [1.54, 1.807) is 13.3 Å². The van der Waals surface area contributed by atoms with Crippen LogP contribution in [0.2, 0.25) is 0 Å². The first-order valence-electron chi connectivity index (χ1n) is 13.6. The Labute approximate surface area is 241 Å². The summed E-state index contributed by atoms with van der Waals surface area (Å²) in [6, 6.07) is 4.47. The Morgan fingerprint density at radius 1 is 1.05 bits per heavy atom. The molecule has 0 aromatic carbocycles. The van der Waals surface area contributed by atoms with Crippen LogP contribution in [0.25, 0.3) is 0 Å². The van der Waals surface area contributed by atoms with E-state index in [0.717, 1.165) is 43.1 Å². The van der Waals surface area contributed by atoms with Gasteiger partial charge in [0.05, 0.1) is 30.0 Å². The molecular weight excluding hydrogens is 566 g/mol. The molecule has 0 spiro atoms. The molecule has 0 atom stereocenters. The lowest BCUT2D eigenvalue weighted by atomic mass is 9.80. The lowest BCUT2D eigenvalue weighted by molar-refractivity contribution is -0.106. The Hall–Kier alpha value is -2.08. The molecule has 2 aromatic heterocycles. The quantitative estimate of drug-likeness (QED) is 0.258. The van der Waals surface area contributed by atoms with Gasteiger partial charge in [0.1, 0.15) is 10.9 Å². The van der Waals surface area contributed by atoms with E-state index in [0.29, 0.717) is 28.4 Å². The lowest BCUT2D eigenvalue weighted by Crippen LogP contribution is -2.41. The van der Waals surface area contributed by atoms with Crippen LogP contribution < -0.4 is 16.1 Å². The first-order valence-corrected chi connectivity index (χ1v) is 14.4. The maximum Gasteiger partial charge on any atom is 0.496 e. The van der Waals surface area contributed by atoms with Crippen LogP contribution in [0.1, 0.15) is 79.8 Å². The molecule has 0 unspecified atom stereocenters. The van der Waals surface area contributed by atoms with Gasteiger partial charge in [0.2, 0.25) is 0 Å². The van der Waals surface area contributed by atoms with Gasteiger partial charge in [-0.3, -0.25) is 4.98 Å². The van der Waals surface area contributed by atoms with Crippen molar-refractivity contribution in [1.82, 2.24) is 15.0 Å². The maximum atomic E-state index is 10.5. The van der Waals surface area contributed by atoms with Crippen LogP contribution in [0, 0.1) is 0 Å². The molecule has 1 aliphatic carbocycles. The van der Waals surface area contributed by atoms with Crippen molar-refractivity contribution in [3.05, 3.63) is 34.8 Å². The Bertz CT molecular complexity index is 1070. The molecule has 0 bridgehead atoms. The number of nitrogens with zero attached hydrogens (tertiary/aromatic N) is 3. The summed E-state index contributed by atoms with van der Waals surface area (Å²) in [6.07, 6.45) is 8.83. The van der Waals surface area contributed by atoms with Gasteiger partial charge in [-0.2, -0.15) is 0 Å². The molecule has 214 valence electrons. The predicted molar refractivity (Wildman–Crippen MR) is 160 cm³/mol. The average molecular weight is 609 g/mol. The van der Waals surface area contributed by atoms with E-state index < -0.39 is 0 Å². The highest BCUT2D eigenvalue weighted by Crippen LogP contribution is 2.36. The van der Waals surface area contributed by atoms with Gasteiger partial charge < -0.3 is 29.5 Å². The van der Waals surface area contributed by atoms with Crippen molar-refractivity contribution in [1.29, 1.82) is 0 Å². The largest absolute Gasteiger partial charge is 0.496 e. The van der Waals surface area contributed by atoms with Crippen LogP contribution >= 0.6 is 15.9 Å². The number of anilines is 2. The Morgan fingerprint density at radius 3 is 2.21 bits per heavy atom. The van der Waals surface area contributed by atoms with Gasteiger partial charge in [-0.1, -0.05) is 26.8 Å². The summed E-state index contributed by atoms with van der Waals surface area (Å²) in [6.45, 7) is 14.9. The Morgan fingerprint density at radius 2 is 1.69 bits per heavy atom. The lowest BCUT2D eigenvalue weighted by Gasteiger charge is -2.32. The monoisotopic (exact) mass is 608 g/mol. The van der Waals surface area contributed by atoms with Gasteiger partial charge >= 0.3 is 7.12 Å². The van der Waals surface area contributed by atoms with Crippen LogP contribution in [-0.2, 0) is 24.3 Å². The van der Waals surface area contributed by atoms with Crippen LogP contribution in [0.5, 0.6) is 0 Å². The summed E-state index contributed by atoms with van der Waals surface area (Å²) in [5.74, 6) is 1.29. The summed E-state index contributed by atoms with van der Waals surface area (Å²) in [4.78, 5) is 23.6. The number of methoxy groups -OCH3 is 1. The number of aldehydes is 1. The SMILES string of the molecule is CC1(C)OB(c2ccc([13C](C)([13CH3])[13CH3])nc2)OC1(C)C.COC1CCC(Nc2nc(Br)cnc2N[13CH2][13CH]=O)CC1. The first-order chi connectivity index (χ1) is 18.3. The van der Waals surface area contributed by atoms with Crippen molar-refractivity contribution in [3.8, 4) is 0 Å². The summed E-state index contributed by atoms with van der Waals surface area (Å²) >= 11 is 3.32. The van der Waals surface area contributed by atoms with Gasteiger partial charge in [0.25, 0.3) is 0 Å². The van der Waals surface area contributed by atoms with E-state index in [4.69, 9.17) is 14.0 Å². The third-order valence-corrected chi connectivity index (χ3v) is 7.91. The zero-order chi connectivity index (χ0) is 28.8. The van der Waals surface area contributed by atoms with Gasteiger partial charge in [-0.05, 0) is 75.4 Å². The van der Waals surface area contributed by atoms with E-state index in [9.17, 15) is 4.79 Å². The third kappa shape index (κ3) is 8.46. The van der Waals surface area contributed by atoms with Crippen LogP contribution in [0.4, 0.5) is 11.6 Å². The second-order valence-electron chi connectivity index (χ2n) is 12.1. The van der Waals surface area contributed by atoms with Crippen molar-refractivity contribution in [3.63, 3.8) is 0 Å². The highest BCUT2D eigenvalue weighted by atomic mass is 79.9. The molecule has 0 amide bonds. The number of rotatable bonds is 7. The zero-order valence-electron chi connectivity index (χ0n) is 24.5. The number of hydrogen-bond acceptors (Lipinski definition) is 9. The summed E-state index contributed by atoms with van der Waals surface area (Å²) in [7, 11) is 1.44. The van der Waals surface area contributed by atoms with E-state index in [1.807, 2.05) is 6.20 Å². The van der Waals surface area contributed by atoms with Crippen LogP contribution in [0.15, 0.2) is 29.1 Å². The van der Waals surface area contributed by atoms with Crippen molar-refractivity contribution in [2.75, 3.05) is 24.3 Å². The minimum Gasteiger partial charge on any atom is -0.399 e. The van der Waals surface area contributed by atoms with E-state index >= 15 is 0 Å². The fraction of sp³-hybridized carbons (Fsp3) is 0.643. The minimum atomic E-state index is -0.327. The molecule has 1 aliphatic heterocycles. The predicted octanol–water partition coefficient (Wildman–Crippen LogP) is 4.90. The van der Waals surface area contributed by atoms with Crippen molar-refractivity contribution < 1.29 is 18.8 Å². The van der Waals surface area contributed by atoms with E-state index in [-0.39, 0.29) is 30.3 Å². The van der Waals surface area contributed by atoms with Gasteiger partial charge in [0, 0.05) is 35.9 Å². The number of nitrogens with one attached hydrogen (secondary N) is 2. The number of carbonyl (C=O) groups is 1. The highest BCUT2D eigenvalue weighted by molar-refractivity contribution is 9.10. The molecule has 39 heavy (non-hydrogen) atoms. The number of pyridine rings is 1. The minimum absolute atomic E-state index is 0.0640. The van der Waals surface area contributed by atoms with Crippen LogP contribution in [-0.4, -0.2) is 65.4 Å². The van der Waals surface area contributed by atoms with Crippen LogP contribution in [0.3, 0.4) is 0 Å². The van der Waals surface area contributed by atoms with E-state index in [2.05, 4.69) is 102 Å². The number of carbonyl (C=O) groups excluding carboxylic acids is 1. The molecule has 1 saturated heterocycles. The molecule has 4 rings (SSSR count). The maximum absolute atomic E-state index is 10.5. The summed E-state index contributed by atoms with van der Waals surface area (Å²) in [5.41, 5.74) is 1.51. The molecular formula is C28H43BBrN5O4. The molecule has 2 fully saturated rings. The molecule has 3 heterocycles. The van der Waals surface area contributed by atoms with E-state index in [1.165, 1.54) is 0 Å². The molecule has 0 radical (unpaired) electrons. The van der Waals surface area contributed by atoms with Gasteiger partial charge in [0.15, 0.2) is 11.6 Å². The molecule has 1 saturated carbocycles. The average Bonchev–Trinajstić information content (AvgIpc) is 3.10. The summed E-state index contributed by atoms with van der Waals surface area (Å²) < 4.78 is 18.1. The third-order valence-electron chi connectivity index (χ3n) is 7.52. The van der Waals surface area contributed by atoms with Crippen molar-refractivity contribution in [2.45, 2.75) is 103 Å². The standard InChI is InChI=1S/C15H24BNO2.C13H19BrN4O2/c1-13(2,3)12-9-8-11(10-17-12)16-18-14(4,5)15(6,7)19-16;1-20-10-4-2-9(3-5-10)17-13-12(15-6-7-19)16-8-11(14)18-13/h8-10H,1-7H3;7-10H,2-6H2,1H3,(H,15,16)(H,17,18)/i1+1,2+1,13+1;6+1,7+1.